The predicted molar refractivity (Wildman–Crippen MR) is 110 cm³/mol. The average Bonchev–Trinajstić information content (AvgIpc) is 3.28. The summed E-state index contributed by atoms with van der Waals surface area (Å²) >= 11 is 0. The summed E-state index contributed by atoms with van der Waals surface area (Å²) in [5, 5.41) is 30.9. The van der Waals surface area contributed by atoms with Crippen LogP contribution in [-0.4, -0.2) is 75.0 Å². The summed E-state index contributed by atoms with van der Waals surface area (Å²) < 4.78 is 23.3. The highest BCUT2D eigenvalue weighted by atomic mass is 28.3. The van der Waals surface area contributed by atoms with Crippen molar-refractivity contribution in [3.8, 4) is 0 Å². The van der Waals surface area contributed by atoms with E-state index in [1.54, 1.807) is 0 Å². The van der Waals surface area contributed by atoms with E-state index in [2.05, 4.69) is 28.0 Å². The average molecular weight is 434 g/mol. The first-order valence-electron chi connectivity index (χ1n) is 9.57. The maximum atomic E-state index is 14.4. The van der Waals surface area contributed by atoms with Gasteiger partial charge in [0, 0.05) is 0 Å². The van der Waals surface area contributed by atoms with Crippen LogP contribution in [0.1, 0.15) is 6.23 Å². The fraction of sp³-hybridized carbons (Fsp3) is 0.421. The molecule has 0 spiro atoms. The van der Waals surface area contributed by atoms with Gasteiger partial charge >= 0.3 is 6.08 Å². The van der Waals surface area contributed by atoms with E-state index < -0.39 is 45.5 Å². The predicted octanol–water partition coefficient (Wildman–Crippen LogP) is 0.125. The van der Waals surface area contributed by atoms with Crippen LogP contribution in [-0.2, 0) is 4.74 Å². The van der Waals surface area contributed by atoms with Crippen LogP contribution in [0.2, 0.25) is 13.1 Å². The third-order valence-electron chi connectivity index (χ3n) is 5.80. The lowest BCUT2D eigenvalue weighted by molar-refractivity contribution is -0.0511. The van der Waals surface area contributed by atoms with E-state index in [4.69, 9.17) is 4.74 Å². The number of benzene rings is 1. The zero-order valence-corrected chi connectivity index (χ0v) is 17.8. The Hall–Kier alpha value is -2.44. The quantitative estimate of drug-likeness (QED) is 0.384. The van der Waals surface area contributed by atoms with Gasteiger partial charge in [0.1, 0.15) is 23.8 Å². The van der Waals surface area contributed by atoms with Crippen LogP contribution >= 0.6 is 0 Å². The van der Waals surface area contributed by atoms with Crippen LogP contribution in [0.4, 0.5) is 10.2 Å². The molecule has 0 bridgehead atoms. The van der Waals surface area contributed by atoms with Crippen LogP contribution in [0.5, 0.6) is 0 Å². The molecule has 3 N–H and O–H groups in total. The van der Waals surface area contributed by atoms with Gasteiger partial charge in [0.2, 0.25) is 0 Å². The first-order chi connectivity index (χ1) is 14.3. The second-order valence-electron chi connectivity index (χ2n) is 7.85. The lowest BCUT2D eigenvalue weighted by Crippen LogP contribution is -2.56. The van der Waals surface area contributed by atoms with Gasteiger partial charge in [0.05, 0.1) is 12.9 Å². The molecule has 3 heterocycles. The molecule has 1 saturated heterocycles. The zero-order chi connectivity index (χ0) is 21.6. The summed E-state index contributed by atoms with van der Waals surface area (Å²) in [6, 6.07) is 9.94. The van der Waals surface area contributed by atoms with Gasteiger partial charge in [-0.25, -0.2) is 4.98 Å². The molecule has 0 saturated carbocycles. The highest BCUT2D eigenvalue weighted by Gasteiger charge is 2.44. The highest BCUT2D eigenvalue weighted by Crippen LogP contribution is 2.33. The molecule has 11 heteroatoms. The van der Waals surface area contributed by atoms with E-state index in [1.165, 1.54) is 10.9 Å². The number of hydrogen-bond acceptors (Lipinski definition) is 8. The van der Waals surface area contributed by atoms with E-state index >= 15 is 0 Å². The Balaban J connectivity index is 1.78. The van der Waals surface area contributed by atoms with Gasteiger partial charge in [-0.3, -0.25) is 4.57 Å². The van der Waals surface area contributed by atoms with Crippen LogP contribution < -0.4 is 9.75 Å². The molecule has 1 aromatic carbocycles. The van der Waals surface area contributed by atoms with Crippen molar-refractivity contribution in [2.45, 2.75) is 37.6 Å². The first kappa shape index (κ1) is 20.8. The molecule has 160 valence electrons. The lowest BCUT2D eigenvalue weighted by Gasteiger charge is -2.35. The number of nitrogens with zero attached hydrogens (tertiary/aromatic N) is 5. The highest BCUT2D eigenvalue weighted by molar-refractivity contribution is 6.92. The number of halogens is 1. The van der Waals surface area contributed by atoms with E-state index in [0.29, 0.717) is 11.3 Å². The molecule has 2 aromatic heterocycles. The van der Waals surface area contributed by atoms with Crippen molar-refractivity contribution in [3.05, 3.63) is 42.7 Å². The van der Waals surface area contributed by atoms with E-state index in [0.717, 1.165) is 5.19 Å². The second kappa shape index (κ2) is 7.67. The summed E-state index contributed by atoms with van der Waals surface area (Å²) in [5.74, 6) is 0.337. The normalized spacial score (nSPS) is 24.5. The third-order valence-corrected chi connectivity index (χ3v) is 9.44. The van der Waals surface area contributed by atoms with E-state index in [9.17, 15) is 19.7 Å². The number of aliphatic hydroxyl groups excluding tert-OH is 3. The van der Waals surface area contributed by atoms with Crippen molar-refractivity contribution < 1.29 is 24.4 Å². The molecule has 0 radical (unpaired) electrons. The summed E-state index contributed by atoms with van der Waals surface area (Å²) in [4.78, 5) is 12.2. The number of anilines is 1. The third kappa shape index (κ3) is 3.28. The Morgan fingerprint density at radius 2 is 1.87 bits per heavy atom. The molecule has 9 nitrogen and oxygen atoms in total. The van der Waals surface area contributed by atoms with Crippen molar-refractivity contribution in [1.29, 1.82) is 0 Å². The van der Waals surface area contributed by atoms with Gasteiger partial charge in [0.25, 0.3) is 0 Å². The Bertz CT molecular complexity index is 1050. The Labute approximate surface area is 173 Å². The molecule has 0 aliphatic carbocycles. The summed E-state index contributed by atoms with van der Waals surface area (Å²) in [6.45, 7) is 3.78. The molecular weight excluding hydrogens is 409 g/mol. The summed E-state index contributed by atoms with van der Waals surface area (Å²) in [6.07, 6.45) is -4.19. The minimum Gasteiger partial charge on any atom is -0.394 e. The second-order valence-corrected chi connectivity index (χ2v) is 12.2. The largest absolute Gasteiger partial charge is 0.394 e. The number of aliphatic hydroxyl groups is 3. The number of aromatic nitrogens is 4. The standard InChI is InChI=1S/C19H24FN5O4Si/c1-24(30(2,3)11-7-5-4-6-8-11)16-13-17(23-19(20)22-16)25(10-21-13)18-15(28)14(27)12(9-26)29-18/h4-8,10,12,14-15,18,26-28H,9H2,1-3H3. The topological polar surface area (TPSA) is 117 Å². The fourth-order valence-electron chi connectivity index (χ4n) is 3.71. The van der Waals surface area contributed by atoms with Crippen LogP contribution in [0.3, 0.4) is 0 Å². The molecule has 3 aromatic rings. The molecular formula is C19H24FN5O4Si. The van der Waals surface area contributed by atoms with Gasteiger partial charge in [-0.15, -0.1) is 0 Å². The Morgan fingerprint density at radius 3 is 2.50 bits per heavy atom. The van der Waals surface area contributed by atoms with Gasteiger partial charge in [0.15, 0.2) is 25.9 Å². The monoisotopic (exact) mass is 433 g/mol. The van der Waals surface area contributed by atoms with E-state index in [-0.39, 0.29) is 5.65 Å². The van der Waals surface area contributed by atoms with Gasteiger partial charge in [-0.05, 0) is 25.3 Å². The van der Waals surface area contributed by atoms with Crippen LogP contribution in [0, 0.1) is 6.08 Å². The molecule has 4 rings (SSSR count). The van der Waals surface area contributed by atoms with Crippen LogP contribution in [0.15, 0.2) is 36.7 Å². The van der Waals surface area contributed by atoms with Crippen molar-refractivity contribution in [2.24, 2.45) is 0 Å². The van der Waals surface area contributed by atoms with Gasteiger partial charge in [-0.2, -0.15) is 14.4 Å². The summed E-state index contributed by atoms with van der Waals surface area (Å²) in [5.41, 5.74) is 0.491. The molecule has 0 amide bonds. The van der Waals surface area contributed by atoms with Crippen molar-refractivity contribution in [2.75, 3.05) is 18.2 Å². The van der Waals surface area contributed by atoms with Crippen LogP contribution in [0.25, 0.3) is 11.2 Å². The molecule has 1 fully saturated rings. The van der Waals surface area contributed by atoms with Crippen molar-refractivity contribution in [3.63, 3.8) is 0 Å². The molecule has 30 heavy (non-hydrogen) atoms. The smallest absolute Gasteiger partial charge is 0.312 e. The summed E-state index contributed by atoms with van der Waals surface area (Å²) in [7, 11) is -0.401. The molecule has 4 unspecified atom stereocenters. The molecule has 4 atom stereocenters. The number of hydrogen-bond donors (Lipinski definition) is 3. The lowest BCUT2D eigenvalue weighted by atomic mass is 10.1. The Morgan fingerprint density at radius 1 is 1.17 bits per heavy atom. The van der Waals surface area contributed by atoms with Gasteiger partial charge in [-0.1, -0.05) is 30.3 Å². The number of fused-ring (bicyclic) bond motifs is 1. The number of rotatable bonds is 5. The number of imidazole rings is 1. The van der Waals surface area contributed by atoms with Crippen molar-refractivity contribution in [1.82, 2.24) is 19.5 Å². The Kier molecular flexibility index (Phi) is 5.32. The maximum absolute atomic E-state index is 14.4. The SMILES string of the molecule is CN(c1nc(F)nc2c1ncn2C1OC(CO)C(O)C1O)[Si](C)(C)c1ccccc1. The minimum absolute atomic E-state index is 0.136. The first-order valence-corrected chi connectivity index (χ1v) is 12.5. The minimum atomic E-state index is -2.25. The van der Waals surface area contributed by atoms with Crippen molar-refractivity contribution >= 4 is 30.4 Å². The van der Waals surface area contributed by atoms with E-state index in [1.807, 2.05) is 41.9 Å². The zero-order valence-electron chi connectivity index (χ0n) is 16.8. The molecule has 1 aliphatic rings. The maximum Gasteiger partial charge on any atom is 0.312 e. The van der Waals surface area contributed by atoms with Gasteiger partial charge < -0.3 is 24.6 Å². The number of ether oxygens (including phenoxy) is 1. The molecule has 1 aliphatic heterocycles. The fourth-order valence-corrected chi connectivity index (χ4v) is 5.79.